The molecule has 120 valence electrons. The summed E-state index contributed by atoms with van der Waals surface area (Å²) in [6, 6.07) is 6.85. The van der Waals surface area contributed by atoms with Crippen LogP contribution in [0.15, 0.2) is 36.5 Å². The van der Waals surface area contributed by atoms with Crippen LogP contribution in [0, 0.1) is 11.6 Å². The zero-order valence-electron chi connectivity index (χ0n) is 12.5. The van der Waals surface area contributed by atoms with Crippen LogP contribution in [-0.4, -0.2) is 16.9 Å². The molecule has 1 aliphatic carbocycles. The molecular weight excluding hydrogens is 300 g/mol. The topological polar surface area (TPSA) is 54.0 Å². The van der Waals surface area contributed by atoms with E-state index in [-0.39, 0.29) is 23.3 Å². The number of pyridine rings is 1. The lowest BCUT2D eigenvalue weighted by Crippen LogP contribution is -2.33. The molecule has 1 fully saturated rings. The fourth-order valence-corrected chi connectivity index (χ4v) is 2.72. The number of rotatable bonds is 4. The fourth-order valence-electron chi connectivity index (χ4n) is 2.72. The van der Waals surface area contributed by atoms with Crippen molar-refractivity contribution in [3.05, 3.63) is 53.9 Å². The third kappa shape index (κ3) is 3.64. The summed E-state index contributed by atoms with van der Waals surface area (Å²) in [6.07, 6.45) is 5.62. The van der Waals surface area contributed by atoms with Crippen molar-refractivity contribution in [1.29, 1.82) is 0 Å². The van der Waals surface area contributed by atoms with E-state index in [1.54, 1.807) is 6.07 Å². The van der Waals surface area contributed by atoms with Gasteiger partial charge in [-0.05, 0) is 37.1 Å². The first-order valence-corrected chi connectivity index (χ1v) is 7.61. The second kappa shape index (κ2) is 6.73. The minimum absolute atomic E-state index is 0.185. The van der Waals surface area contributed by atoms with Crippen LogP contribution < -0.4 is 10.6 Å². The standard InChI is InChI=1S/C17H17F2N3O/c18-13-6-3-7-14(19)16(13)21-12-8-9-20-15(10-12)17(23)22-11-4-1-2-5-11/h3,6-11H,1-2,4-5H2,(H,20,21)(H,22,23). The zero-order valence-corrected chi connectivity index (χ0v) is 12.5. The lowest BCUT2D eigenvalue weighted by atomic mass is 10.2. The Hall–Kier alpha value is -2.50. The molecule has 1 aromatic heterocycles. The van der Waals surface area contributed by atoms with Crippen LogP contribution in [0.1, 0.15) is 36.2 Å². The second-order valence-corrected chi connectivity index (χ2v) is 5.61. The first-order valence-electron chi connectivity index (χ1n) is 7.61. The number of halogens is 2. The lowest BCUT2D eigenvalue weighted by Gasteiger charge is -2.13. The molecule has 0 saturated heterocycles. The molecule has 0 radical (unpaired) electrons. The van der Waals surface area contributed by atoms with Crippen LogP contribution >= 0.6 is 0 Å². The number of aromatic nitrogens is 1. The van der Waals surface area contributed by atoms with Crippen molar-refractivity contribution in [2.75, 3.05) is 5.32 Å². The molecule has 23 heavy (non-hydrogen) atoms. The third-order valence-electron chi connectivity index (χ3n) is 3.92. The van der Waals surface area contributed by atoms with Gasteiger partial charge in [0.1, 0.15) is 23.0 Å². The maximum atomic E-state index is 13.7. The van der Waals surface area contributed by atoms with Crippen LogP contribution in [-0.2, 0) is 0 Å². The summed E-state index contributed by atoms with van der Waals surface area (Å²) in [4.78, 5) is 16.2. The molecule has 0 bridgehead atoms. The summed E-state index contributed by atoms with van der Waals surface area (Å²) < 4.78 is 27.3. The van der Waals surface area contributed by atoms with Gasteiger partial charge in [-0.15, -0.1) is 0 Å². The van der Waals surface area contributed by atoms with E-state index in [0.29, 0.717) is 5.69 Å². The smallest absolute Gasteiger partial charge is 0.270 e. The SMILES string of the molecule is O=C(NC1CCCC1)c1cc(Nc2c(F)cccc2F)ccn1. The summed E-state index contributed by atoms with van der Waals surface area (Å²) in [5.41, 5.74) is 0.375. The molecule has 3 rings (SSSR count). The highest BCUT2D eigenvalue weighted by Gasteiger charge is 2.19. The van der Waals surface area contributed by atoms with Gasteiger partial charge in [-0.3, -0.25) is 9.78 Å². The van der Waals surface area contributed by atoms with Gasteiger partial charge in [-0.25, -0.2) is 8.78 Å². The van der Waals surface area contributed by atoms with Crippen molar-refractivity contribution in [1.82, 2.24) is 10.3 Å². The maximum absolute atomic E-state index is 13.7. The largest absolute Gasteiger partial charge is 0.351 e. The molecule has 1 amide bonds. The molecule has 1 aliphatic rings. The molecule has 0 aliphatic heterocycles. The van der Waals surface area contributed by atoms with Gasteiger partial charge in [-0.1, -0.05) is 18.9 Å². The van der Waals surface area contributed by atoms with E-state index in [9.17, 15) is 13.6 Å². The van der Waals surface area contributed by atoms with Crippen LogP contribution in [0.4, 0.5) is 20.2 Å². The van der Waals surface area contributed by atoms with E-state index in [1.165, 1.54) is 30.5 Å². The van der Waals surface area contributed by atoms with E-state index in [0.717, 1.165) is 25.7 Å². The summed E-state index contributed by atoms with van der Waals surface area (Å²) in [5, 5.41) is 5.59. The molecular formula is C17H17F2N3O. The van der Waals surface area contributed by atoms with Gasteiger partial charge >= 0.3 is 0 Å². The average Bonchev–Trinajstić information content (AvgIpc) is 3.04. The molecule has 1 saturated carbocycles. The minimum Gasteiger partial charge on any atom is -0.351 e. The Balaban J connectivity index is 1.75. The van der Waals surface area contributed by atoms with Crippen LogP contribution in [0.2, 0.25) is 0 Å². The summed E-state index contributed by atoms with van der Waals surface area (Å²) in [7, 11) is 0. The van der Waals surface area contributed by atoms with E-state index in [2.05, 4.69) is 15.6 Å². The quantitative estimate of drug-likeness (QED) is 0.902. The highest BCUT2D eigenvalue weighted by atomic mass is 19.1. The molecule has 6 heteroatoms. The van der Waals surface area contributed by atoms with Crippen molar-refractivity contribution in [3.63, 3.8) is 0 Å². The molecule has 2 N–H and O–H groups in total. The van der Waals surface area contributed by atoms with Gasteiger partial charge < -0.3 is 10.6 Å². The number of carbonyl (C=O) groups is 1. The highest BCUT2D eigenvalue weighted by Crippen LogP contribution is 2.23. The number of hydrogen-bond acceptors (Lipinski definition) is 3. The number of benzene rings is 1. The van der Waals surface area contributed by atoms with Gasteiger partial charge in [0.2, 0.25) is 0 Å². The molecule has 1 aromatic carbocycles. The Morgan fingerprint density at radius 2 is 1.83 bits per heavy atom. The normalized spacial score (nSPS) is 14.7. The predicted molar refractivity (Wildman–Crippen MR) is 83.6 cm³/mol. The van der Waals surface area contributed by atoms with Gasteiger partial charge in [0.05, 0.1) is 0 Å². The number of amides is 1. The van der Waals surface area contributed by atoms with E-state index in [1.807, 2.05) is 0 Å². The molecule has 1 heterocycles. The molecule has 4 nitrogen and oxygen atoms in total. The minimum atomic E-state index is -0.696. The Labute approximate surface area is 132 Å². The third-order valence-corrected chi connectivity index (χ3v) is 3.92. The number of para-hydroxylation sites is 1. The van der Waals surface area contributed by atoms with Crippen molar-refractivity contribution < 1.29 is 13.6 Å². The number of nitrogens with one attached hydrogen (secondary N) is 2. The summed E-state index contributed by atoms with van der Waals surface area (Å²) >= 11 is 0. The van der Waals surface area contributed by atoms with E-state index >= 15 is 0 Å². The van der Waals surface area contributed by atoms with Crippen LogP contribution in [0.5, 0.6) is 0 Å². The highest BCUT2D eigenvalue weighted by molar-refractivity contribution is 5.93. The Morgan fingerprint density at radius 1 is 1.13 bits per heavy atom. The zero-order chi connectivity index (χ0) is 16.2. The van der Waals surface area contributed by atoms with Gasteiger partial charge in [-0.2, -0.15) is 0 Å². The Bertz CT molecular complexity index is 694. The summed E-state index contributed by atoms with van der Waals surface area (Å²) in [6.45, 7) is 0. The predicted octanol–water partition coefficient (Wildman–Crippen LogP) is 3.78. The molecule has 0 spiro atoms. The summed E-state index contributed by atoms with van der Waals surface area (Å²) in [5.74, 6) is -1.66. The average molecular weight is 317 g/mol. The Morgan fingerprint density at radius 3 is 2.52 bits per heavy atom. The van der Waals surface area contributed by atoms with E-state index < -0.39 is 11.6 Å². The van der Waals surface area contributed by atoms with Gasteiger partial charge in [0, 0.05) is 17.9 Å². The van der Waals surface area contributed by atoms with E-state index in [4.69, 9.17) is 0 Å². The van der Waals surface area contributed by atoms with Crippen LogP contribution in [0.3, 0.4) is 0 Å². The molecule has 0 unspecified atom stereocenters. The monoisotopic (exact) mass is 317 g/mol. The maximum Gasteiger partial charge on any atom is 0.270 e. The molecule has 0 atom stereocenters. The second-order valence-electron chi connectivity index (χ2n) is 5.61. The number of hydrogen-bond donors (Lipinski definition) is 2. The van der Waals surface area contributed by atoms with Crippen LogP contribution in [0.25, 0.3) is 0 Å². The van der Waals surface area contributed by atoms with Gasteiger partial charge in [0.15, 0.2) is 0 Å². The Kier molecular flexibility index (Phi) is 4.50. The number of nitrogens with zero attached hydrogens (tertiary/aromatic N) is 1. The first-order chi connectivity index (χ1) is 11.1. The number of anilines is 2. The van der Waals surface area contributed by atoms with Crippen molar-refractivity contribution >= 4 is 17.3 Å². The van der Waals surface area contributed by atoms with Crippen molar-refractivity contribution in [2.24, 2.45) is 0 Å². The number of carbonyl (C=O) groups excluding carboxylic acids is 1. The molecule has 2 aromatic rings. The van der Waals surface area contributed by atoms with Gasteiger partial charge in [0.25, 0.3) is 5.91 Å². The van der Waals surface area contributed by atoms with Crippen molar-refractivity contribution in [3.8, 4) is 0 Å². The first kappa shape index (κ1) is 15.4. The fraction of sp³-hybridized carbons (Fsp3) is 0.294. The van der Waals surface area contributed by atoms with Crippen molar-refractivity contribution in [2.45, 2.75) is 31.7 Å². The lowest BCUT2D eigenvalue weighted by molar-refractivity contribution is 0.0933.